The Labute approximate surface area is 160 Å². The van der Waals surface area contributed by atoms with Gasteiger partial charge in [0.2, 0.25) is 5.43 Å². The van der Waals surface area contributed by atoms with Crippen molar-refractivity contribution in [2.75, 3.05) is 13.2 Å². The molecule has 1 saturated carbocycles. The number of carbonyl (C=O) groups is 2. The van der Waals surface area contributed by atoms with Gasteiger partial charge in [0, 0.05) is 23.2 Å². The molecular weight excluding hydrogens is 367 g/mol. The van der Waals surface area contributed by atoms with Gasteiger partial charge in [-0.3, -0.25) is 9.59 Å². The number of halogens is 1. The molecule has 0 radical (unpaired) electrons. The summed E-state index contributed by atoms with van der Waals surface area (Å²) in [5.41, 5.74) is -0.622. The third kappa shape index (κ3) is 3.48. The quantitative estimate of drug-likeness (QED) is 0.708. The fourth-order valence-electron chi connectivity index (χ4n) is 3.09. The highest BCUT2D eigenvalue weighted by atomic mass is 19.1. The number of aromatic nitrogens is 1. The lowest BCUT2D eigenvalue weighted by Crippen LogP contribution is -2.22. The van der Waals surface area contributed by atoms with Gasteiger partial charge < -0.3 is 14.0 Å². The Morgan fingerprint density at radius 1 is 1.29 bits per heavy atom. The van der Waals surface area contributed by atoms with Crippen molar-refractivity contribution in [2.24, 2.45) is 0 Å². The number of nitriles is 1. The highest BCUT2D eigenvalue weighted by Gasteiger charge is 2.30. The molecule has 28 heavy (non-hydrogen) atoms. The van der Waals surface area contributed by atoms with Crippen LogP contribution in [0.1, 0.15) is 54.6 Å². The van der Waals surface area contributed by atoms with E-state index in [1.165, 1.54) is 12.3 Å². The minimum atomic E-state index is -1.45. The van der Waals surface area contributed by atoms with E-state index in [0.717, 1.165) is 18.9 Å². The van der Waals surface area contributed by atoms with Crippen LogP contribution in [0.4, 0.5) is 4.39 Å². The van der Waals surface area contributed by atoms with E-state index in [4.69, 9.17) is 9.47 Å². The van der Waals surface area contributed by atoms with Crippen LogP contribution in [-0.4, -0.2) is 29.7 Å². The first-order chi connectivity index (χ1) is 13.4. The van der Waals surface area contributed by atoms with Gasteiger partial charge in [0.1, 0.15) is 11.4 Å². The molecule has 1 heterocycles. The first-order valence-corrected chi connectivity index (χ1v) is 9.04. The average molecular weight is 386 g/mol. The summed E-state index contributed by atoms with van der Waals surface area (Å²) in [7, 11) is 0. The maximum atomic E-state index is 14.7. The van der Waals surface area contributed by atoms with Crippen LogP contribution in [0.2, 0.25) is 0 Å². The Bertz CT molecular complexity index is 1050. The zero-order chi connectivity index (χ0) is 20.4. The molecule has 1 aliphatic rings. The summed E-state index contributed by atoms with van der Waals surface area (Å²) in [6.45, 7) is 3.38. The molecule has 1 unspecified atom stereocenters. The molecule has 0 N–H and O–H groups in total. The molecule has 1 aliphatic carbocycles. The molecule has 146 valence electrons. The van der Waals surface area contributed by atoms with E-state index in [9.17, 15) is 24.0 Å². The Balaban J connectivity index is 2.24. The zero-order valence-corrected chi connectivity index (χ0v) is 15.5. The number of fused-ring (bicyclic) bond motifs is 1. The van der Waals surface area contributed by atoms with Crippen molar-refractivity contribution in [3.8, 4) is 6.07 Å². The van der Waals surface area contributed by atoms with Gasteiger partial charge in [-0.15, -0.1) is 0 Å². The van der Waals surface area contributed by atoms with E-state index in [1.807, 2.05) is 0 Å². The highest BCUT2D eigenvalue weighted by molar-refractivity contribution is 5.94. The van der Waals surface area contributed by atoms with Crippen molar-refractivity contribution in [1.82, 2.24) is 4.57 Å². The Morgan fingerprint density at radius 3 is 2.54 bits per heavy atom. The third-order valence-corrected chi connectivity index (χ3v) is 4.55. The molecular formula is C20H19FN2O5. The van der Waals surface area contributed by atoms with Crippen molar-refractivity contribution in [2.45, 2.75) is 38.6 Å². The lowest BCUT2D eigenvalue weighted by Gasteiger charge is -2.16. The lowest BCUT2D eigenvalue weighted by molar-refractivity contribution is -0.143. The summed E-state index contributed by atoms with van der Waals surface area (Å²) in [5, 5.41) is 9.35. The van der Waals surface area contributed by atoms with E-state index in [-0.39, 0.29) is 35.8 Å². The van der Waals surface area contributed by atoms with Crippen molar-refractivity contribution >= 4 is 22.8 Å². The van der Waals surface area contributed by atoms with Crippen molar-refractivity contribution in [1.29, 1.82) is 5.26 Å². The van der Waals surface area contributed by atoms with E-state index in [2.05, 4.69) is 0 Å². The largest absolute Gasteiger partial charge is 0.465 e. The summed E-state index contributed by atoms with van der Waals surface area (Å²) in [6, 6.07) is 4.11. The second-order valence-corrected chi connectivity index (χ2v) is 6.44. The van der Waals surface area contributed by atoms with Crippen molar-refractivity contribution < 1.29 is 23.5 Å². The van der Waals surface area contributed by atoms with Crippen LogP contribution >= 0.6 is 0 Å². The molecule has 0 bridgehead atoms. The van der Waals surface area contributed by atoms with E-state index in [1.54, 1.807) is 24.5 Å². The maximum absolute atomic E-state index is 14.7. The van der Waals surface area contributed by atoms with Crippen LogP contribution in [-0.2, 0) is 14.3 Å². The maximum Gasteiger partial charge on any atom is 0.343 e. The second-order valence-electron chi connectivity index (χ2n) is 6.44. The zero-order valence-electron chi connectivity index (χ0n) is 15.5. The molecule has 0 saturated heterocycles. The minimum Gasteiger partial charge on any atom is -0.465 e. The molecule has 1 atom stereocenters. The number of hydrogen-bond acceptors (Lipinski definition) is 6. The van der Waals surface area contributed by atoms with Crippen LogP contribution < -0.4 is 5.43 Å². The number of ether oxygens (including phenoxy) is 2. The predicted octanol–water partition coefficient (Wildman–Crippen LogP) is 2.82. The molecule has 0 aliphatic heterocycles. The van der Waals surface area contributed by atoms with Gasteiger partial charge in [-0.05, 0) is 38.8 Å². The fraction of sp³-hybridized carbons (Fsp3) is 0.400. The molecule has 1 aromatic carbocycles. The number of hydrogen-bond donors (Lipinski definition) is 0. The summed E-state index contributed by atoms with van der Waals surface area (Å²) in [5.74, 6) is -3.95. The van der Waals surface area contributed by atoms with Crippen LogP contribution in [0.5, 0.6) is 0 Å². The molecule has 1 aromatic heterocycles. The summed E-state index contributed by atoms with van der Waals surface area (Å²) >= 11 is 0. The topological polar surface area (TPSA) is 98.4 Å². The van der Waals surface area contributed by atoms with E-state index < -0.39 is 29.1 Å². The number of rotatable bonds is 6. The molecule has 7 nitrogen and oxygen atoms in total. The van der Waals surface area contributed by atoms with Gasteiger partial charge in [0.15, 0.2) is 5.92 Å². The summed E-state index contributed by atoms with van der Waals surface area (Å²) in [6.07, 6.45) is 3.09. The van der Waals surface area contributed by atoms with E-state index in [0.29, 0.717) is 5.52 Å². The van der Waals surface area contributed by atoms with Crippen LogP contribution in [0.15, 0.2) is 23.1 Å². The van der Waals surface area contributed by atoms with Gasteiger partial charge in [-0.1, -0.05) is 0 Å². The summed E-state index contributed by atoms with van der Waals surface area (Å²) < 4.78 is 26.2. The first-order valence-electron chi connectivity index (χ1n) is 9.04. The smallest absolute Gasteiger partial charge is 0.343 e. The fourth-order valence-corrected chi connectivity index (χ4v) is 3.09. The lowest BCUT2D eigenvalue weighted by atomic mass is 9.97. The first kappa shape index (κ1) is 19.5. The standard InChI is InChI=1S/C20H19FN2O5/c1-3-27-19(25)14(9-22)12-8-17-13(7-16(12)21)18(24)15(20(26)28-4-2)10-23(17)11-5-6-11/h7-8,10-11,14H,3-6H2,1-2H3. The molecule has 0 amide bonds. The molecule has 2 aromatic rings. The van der Waals surface area contributed by atoms with Crippen molar-refractivity contribution in [3.63, 3.8) is 0 Å². The van der Waals surface area contributed by atoms with Crippen LogP contribution in [0.25, 0.3) is 10.9 Å². The highest BCUT2D eigenvalue weighted by Crippen LogP contribution is 2.38. The average Bonchev–Trinajstić information content (AvgIpc) is 3.49. The normalized spacial score (nSPS) is 14.4. The van der Waals surface area contributed by atoms with Crippen LogP contribution in [0.3, 0.4) is 0 Å². The molecule has 3 rings (SSSR count). The molecule has 8 heteroatoms. The minimum absolute atomic E-state index is 0.000693. The van der Waals surface area contributed by atoms with E-state index >= 15 is 0 Å². The van der Waals surface area contributed by atoms with Gasteiger partial charge >= 0.3 is 11.9 Å². The van der Waals surface area contributed by atoms with Gasteiger partial charge in [0.05, 0.1) is 24.8 Å². The number of nitrogens with zero attached hydrogens (tertiary/aromatic N) is 2. The number of pyridine rings is 1. The Hall–Kier alpha value is -3.21. The predicted molar refractivity (Wildman–Crippen MR) is 97.4 cm³/mol. The Kier molecular flexibility index (Phi) is 5.45. The molecule has 0 spiro atoms. The van der Waals surface area contributed by atoms with Crippen LogP contribution in [0, 0.1) is 17.1 Å². The summed E-state index contributed by atoms with van der Waals surface area (Å²) in [4.78, 5) is 36.9. The van der Waals surface area contributed by atoms with Gasteiger partial charge in [-0.2, -0.15) is 5.26 Å². The monoisotopic (exact) mass is 386 g/mol. The molecule has 1 fully saturated rings. The number of esters is 2. The SMILES string of the molecule is CCOC(=O)c1cn(C2CC2)c2cc(C(C#N)C(=O)OCC)c(F)cc2c1=O. The van der Waals surface area contributed by atoms with Gasteiger partial charge in [0.25, 0.3) is 0 Å². The number of carbonyl (C=O) groups excluding carboxylic acids is 2. The van der Waals surface area contributed by atoms with Gasteiger partial charge in [-0.25, -0.2) is 9.18 Å². The Morgan fingerprint density at radius 2 is 1.96 bits per heavy atom. The third-order valence-electron chi connectivity index (χ3n) is 4.55. The number of benzene rings is 1. The second kappa shape index (κ2) is 7.80. The van der Waals surface area contributed by atoms with Crippen molar-refractivity contribution in [3.05, 3.63) is 45.5 Å².